The maximum atomic E-state index is 11.7. The number of hydrogen-bond donors (Lipinski definition) is 1. The molecule has 76 valence electrons. The van der Waals surface area contributed by atoms with Crippen molar-refractivity contribution < 1.29 is 4.79 Å². The van der Waals surface area contributed by atoms with E-state index in [-0.39, 0.29) is 5.91 Å². The van der Waals surface area contributed by atoms with Crippen molar-refractivity contribution in [2.75, 3.05) is 0 Å². The van der Waals surface area contributed by atoms with E-state index in [9.17, 15) is 4.79 Å². The summed E-state index contributed by atoms with van der Waals surface area (Å²) < 4.78 is 1.74. The van der Waals surface area contributed by atoms with Crippen LogP contribution in [0.25, 0.3) is 0 Å². The molecule has 1 N–H and O–H groups in total. The van der Waals surface area contributed by atoms with Gasteiger partial charge in [0.2, 0.25) is 0 Å². The van der Waals surface area contributed by atoms with Gasteiger partial charge in [0.15, 0.2) is 5.82 Å². The van der Waals surface area contributed by atoms with Crippen molar-refractivity contribution in [3.63, 3.8) is 0 Å². The summed E-state index contributed by atoms with van der Waals surface area (Å²) in [6.07, 6.45) is 8.09. The van der Waals surface area contributed by atoms with Gasteiger partial charge >= 0.3 is 0 Å². The van der Waals surface area contributed by atoms with Crippen molar-refractivity contribution in [2.24, 2.45) is 7.05 Å². The lowest BCUT2D eigenvalue weighted by molar-refractivity contribution is 0.0924. The Balaban J connectivity index is 1.98. The molecule has 0 aromatic carbocycles. The lowest BCUT2D eigenvalue weighted by Crippen LogP contribution is -2.34. The number of nitrogens with zero attached hydrogens (tertiary/aromatic N) is 2. The van der Waals surface area contributed by atoms with Crippen molar-refractivity contribution in [3.05, 3.63) is 18.2 Å². The zero-order valence-corrected chi connectivity index (χ0v) is 8.36. The van der Waals surface area contributed by atoms with Crippen LogP contribution in [0.5, 0.6) is 0 Å². The smallest absolute Gasteiger partial charge is 0.287 e. The van der Waals surface area contributed by atoms with E-state index in [0.29, 0.717) is 11.9 Å². The molecule has 1 fully saturated rings. The second-order valence-electron chi connectivity index (χ2n) is 3.82. The van der Waals surface area contributed by atoms with E-state index in [2.05, 4.69) is 10.3 Å². The molecule has 1 aliphatic rings. The summed E-state index contributed by atoms with van der Waals surface area (Å²) >= 11 is 0. The van der Waals surface area contributed by atoms with Gasteiger partial charge in [-0.1, -0.05) is 12.8 Å². The molecule has 0 aliphatic heterocycles. The van der Waals surface area contributed by atoms with Crippen LogP contribution in [-0.4, -0.2) is 21.5 Å². The second kappa shape index (κ2) is 3.82. The zero-order chi connectivity index (χ0) is 9.97. The van der Waals surface area contributed by atoms with Gasteiger partial charge in [0.1, 0.15) is 0 Å². The van der Waals surface area contributed by atoms with Gasteiger partial charge in [0.05, 0.1) is 0 Å². The summed E-state index contributed by atoms with van der Waals surface area (Å²) in [4.78, 5) is 15.7. The molecule has 0 unspecified atom stereocenters. The molecule has 1 aromatic heterocycles. The lowest BCUT2D eigenvalue weighted by atomic mass is 10.2. The van der Waals surface area contributed by atoms with E-state index >= 15 is 0 Å². The Hall–Kier alpha value is -1.32. The molecule has 1 saturated carbocycles. The summed E-state index contributed by atoms with van der Waals surface area (Å²) in [7, 11) is 1.83. The Labute approximate surface area is 83.3 Å². The van der Waals surface area contributed by atoms with Crippen LogP contribution in [0.1, 0.15) is 36.3 Å². The Morgan fingerprint density at radius 2 is 2.29 bits per heavy atom. The third kappa shape index (κ3) is 1.78. The topological polar surface area (TPSA) is 46.9 Å². The highest BCUT2D eigenvalue weighted by Gasteiger charge is 2.19. The van der Waals surface area contributed by atoms with Gasteiger partial charge in [-0.05, 0) is 12.8 Å². The number of hydrogen-bond acceptors (Lipinski definition) is 2. The van der Waals surface area contributed by atoms with Gasteiger partial charge in [-0.2, -0.15) is 0 Å². The number of carbonyl (C=O) groups is 1. The first-order valence-corrected chi connectivity index (χ1v) is 5.05. The standard InChI is InChI=1S/C10H15N3O/c1-13-7-6-11-9(13)10(14)12-8-4-2-3-5-8/h6-8H,2-5H2,1H3,(H,12,14). The maximum Gasteiger partial charge on any atom is 0.287 e. The molecule has 4 heteroatoms. The number of aryl methyl sites for hydroxylation is 1. The quantitative estimate of drug-likeness (QED) is 0.764. The summed E-state index contributed by atoms with van der Waals surface area (Å²) in [6, 6.07) is 0.360. The predicted octanol–water partition coefficient (Wildman–Crippen LogP) is 1.09. The van der Waals surface area contributed by atoms with E-state index in [4.69, 9.17) is 0 Å². The third-order valence-corrected chi connectivity index (χ3v) is 2.71. The molecule has 14 heavy (non-hydrogen) atoms. The first-order valence-electron chi connectivity index (χ1n) is 5.05. The molecule has 1 aromatic rings. The Morgan fingerprint density at radius 1 is 1.57 bits per heavy atom. The van der Waals surface area contributed by atoms with Gasteiger partial charge in [-0.15, -0.1) is 0 Å². The van der Waals surface area contributed by atoms with Gasteiger partial charge in [0.25, 0.3) is 5.91 Å². The van der Waals surface area contributed by atoms with E-state index in [1.807, 2.05) is 7.05 Å². The largest absolute Gasteiger partial charge is 0.347 e. The fraction of sp³-hybridized carbons (Fsp3) is 0.600. The van der Waals surface area contributed by atoms with Gasteiger partial charge < -0.3 is 9.88 Å². The molecule has 2 rings (SSSR count). The molecule has 1 aliphatic carbocycles. The fourth-order valence-electron chi connectivity index (χ4n) is 1.90. The van der Waals surface area contributed by atoms with Crippen LogP contribution in [0.2, 0.25) is 0 Å². The average Bonchev–Trinajstić information content (AvgIpc) is 2.75. The zero-order valence-electron chi connectivity index (χ0n) is 8.36. The highest BCUT2D eigenvalue weighted by molar-refractivity contribution is 5.90. The molecule has 0 saturated heterocycles. The van der Waals surface area contributed by atoms with Crippen LogP contribution in [0.3, 0.4) is 0 Å². The van der Waals surface area contributed by atoms with Crippen molar-refractivity contribution in [1.82, 2.24) is 14.9 Å². The van der Waals surface area contributed by atoms with E-state index in [0.717, 1.165) is 12.8 Å². The van der Waals surface area contributed by atoms with Gasteiger partial charge in [-0.25, -0.2) is 4.98 Å². The molecule has 1 amide bonds. The van der Waals surface area contributed by atoms with E-state index in [1.165, 1.54) is 12.8 Å². The van der Waals surface area contributed by atoms with Crippen molar-refractivity contribution in [1.29, 1.82) is 0 Å². The minimum atomic E-state index is -0.0515. The highest BCUT2D eigenvalue weighted by atomic mass is 16.2. The van der Waals surface area contributed by atoms with Crippen LogP contribution < -0.4 is 5.32 Å². The van der Waals surface area contributed by atoms with Gasteiger partial charge in [-0.3, -0.25) is 4.79 Å². The molecule has 0 radical (unpaired) electrons. The monoisotopic (exact) mass is 193 g/mol. The van der Waals surface area contributed by atoms with Crippen molar-refractivity contribution >= 4 is 5.91 Å². The summed E-state index contributed by atoms with van der Waals surface area (Å²) in [6.45, 7) is 0. The summed E-state index contributed by atoms with van der Waals surface area (Å²) in [5.74, 6) is 0.446. The van der Waals surface area contributed by atoms with Crippen LogP contribution in [0.15, 0.2) is 12.4 Å². The number of rotatable bonds is 2. The minimum absolute atomic E-state index is 0.0515. The third-order valence-electron chi connectivity index (χ3n) is 2.71. The molecule has 0 spiro atoms. The van der Waals surface area contributed by atoms with Crippen LogP contribution in [0, 0.1) is 0 Å². The molecular weight excluding hydrogens is 178 g/mol. The number of carbonyl (C=O) groups excluding carboxylic acids is 1. The minimum Gasteiger partial charge on any atom is -0.347 e. The van der Waals surface area contributed by atoms with Crippen LogP contribution >= 0.6 is 0 Å². The molecular formula is C10H15N3O. The second-order valence-corrected chi connectivity index (χ2v) is 3.82. The molecule has 4 nitrogen and oxygen atoms in total. The highest BCUT2D eigenvalue weighted by Crippen LogP contribution is 2.17. The Bertz CT molecular complexity index is 326. The number of imidazole rings is 1. The first-order chi connectivity index (χ1) is 6.77. The maximum absolute atomic E-state index is 11.7. The average molecular weight is 193 g/mol. The predicted molar refractivity (Wildman–Crippen MR) is 52.9 cm³/mol. The van der Waals surface area contributed by atoms with Crippen molar-refractivity contribution in [2.45, 2.75) is 31.7 Å². The van der Waals surface area contributed by atoms with E-state index in [1.54, 1.807) is 17.0 Å². The van der Waals surface area contributed by atoms with Crippen LogP contribution in [0.4, 0.5) is 0 Å². The van der Waals surface area contributed by atoms with E-state index < -0.39 is 0 Å². The molecule has 1 heterocycles. The SMILES string of the molecule is Cn1ccnc1C(=O)NC1CCCC1. The number of aromatic nitrogens is 2. The number of nitrogens with one attached hydrogen (secondary N) is 1. The molecule has 0 bridgehead atoms. The lowest BCUT2D eigenvalue weighted by Gasteiger charge is -2.11. The fourth-order valence-corrected chi connectivity index (χ4v) is 1.90. The first kappa shape index (κ1) is 9.24. The summed E-state index contributed by atoms with van der Waals surface area (Å²) in [5.41, 5.74) is 0. The van der Waals surface area contributed by atoms with Crippen molar-refractivity contribution in [3.8, 4) is 0 Å². The molecule has 0 atom stereocenters. The number of amides is 1. The summed E-state index contributed by atoms with van der Waals surface area (Å²) in [5, 5.41) is 3.00. The Morgan fingerprint density at radius 3 is 2.86 bits per heavy atom. The normalized spacial score (nSPS) is 17.2. The van der Waals surface area contributed by atoms with Crippen LogP contribution in [-0.2, 0) is 7.05 Å². The van der Waals surface area contributed by atoms with Gasteiger partial charge in [0, 0.05) is 25.5 Å². The Kier molecular flexibility index (Phi) is 2.52.